The van der Waals surface area contributed by atoms with E-state index in [1.54, 1.807) is 0 Å². The average Bonchev–Trinajstić information content (AvgIpc) is 2.84. The van der Waals surface area contributed by atoms with Crippen LogP contribution in [0.4, 0.5) is 8.78 Å². The minimum Gasteiger partial charge on any atom is -0.309 e. The molecule has 1 N–H and O–H groups in total. The zero-order valence-corrected chi connectivity index (χ0v) is 12.5. The molecule has 0 heterocycles. The van der Waals surface area contributed by atoms with Crippen molar-refractivity contribution in [2.45, 2.75) is 52.6 Å². The van der Waals surface area contributed by atoms with Crippen molar-refractivity contribution in [3.05, 3.63) is 35.4 Å². The van der Waals surface area contributed by atoms with E-state index < -0.39 is 0 Å². The summed E-state index contributed by atoms with van der Waals surface area (Å²) in [4.78, 5) is 0. The number of hydrogen-bond donors (Lipinski definition) is 1. The zero-order valence-electron chi connectivity index (χ0n) is 12.5. The third-order valence-corrected chi connectivity index (χ3v) is 5.77. The summed E-state index contributed by atoms with van der Waals surface area (Å²) in [7, 11) is 0. The Kier molecular flexibility index (Phi) is 3.16. The van der Waals surface area contributed by atoms with Crippen molar-refractivity contribution in [2.24, 2.45) is 16.7 Å². The Morgan fingerprint density at radius 1 is 1.25 bits per heavy atom. The Bertz CT molecular complexity index is 521. The summed E-state index contributed by atoms with van der Waals surface area (Å²) in [6, 6.07) is 4.04. The van der Waals surface area contributed by atoms with Crippen LogP contribution in [0.3, 0.4) is 0 Å². The minimum atomic E-state index is -0.374. The molecular formula is C17H23F2N. The van der Waals surface area contributed by atoms with Crippen LogP contribution in [0.25, 0.3) is 0 Å². The van der Waals surface area contributed by atoms with Gasteiger partial charge < -0.3 is 5.32 Å². The van der Waals surface area contributed by atoms with Crippen molar-refractivity contribution in [3.63, 3.8) is 0 Å². The molecular weight excluding hydrogens is 256 g/mol. The quantitative estimate of drug-likeness (QED) is 0.871. The second-order valence-corrected chi connectivity index (χ2v) is 7.46. The van der Waals surface area contributed by atoms with E-state index in [9.17, 15) is 8.78 Å². The van der Waals surface area contributed by atoms with Crippen LogP contribution in [0.5, 0.6) is 0 Å². The van der Waals surface area contributed by atoms with E-state index in [2.05, 4.69) is 26.1 Å². The van der Waals surface area contributed by atoms with Gasteiger partial charge in [0, 0.05) is 18.2 Å². The molecule has 2 aliphatic carbocycles. The summed E-state index contributed by atoms with van der Waals surface area (Å²) in [5.74, 6) is 0.0500. The van der Waals surface area contributed by atoms with Crippen LogP contribution in [0.1, 0.15) is 45.6 Å². The van der Waals surface area contributed by atoms with Gasteiger partial charge in [0.05, 0.1) is 0 Å². The van der Waals surface area contributed by atoms with Gasteiger partial charge in [0.25, 0.3) is 0 Å². The van der Waals surface area contributed by atoms with Gasteiger partial charge in [-0.25, -0.2) is 8.78 Å². The summed E-state index contributed by atoms with van der Waals surface area (Å²) in [5.41, 5.74) is 0.960. The molecule has 3 heteroatoms. The van der Waals surface area contributed by atoms with E-state index >= 15 is 0 Å². The third-order valence-electron chi connectivity index (χ3n) is 5.77. The van der Waals surface area contributed by atoms with Gasteiger partial charge in [-0.15, -0.1) is 0 Å². The van der Waals surface area contributed by atoms with Crippen LogP contribution in [0, 0.1) is 28.4 Å². The lowest BCUT2D eigenvalue weighted by Crippen LogP contribution is -2.50. The smallest absolute Gasteiger partial charge is 0.127 e. The maximum Gasteiger partial charge on any atom is 0.127 e. The normalized spacial score (nSPS) is 34.6. The maximum absolute atomic E-state index is 13.7. The van der Waals surface area contributed by atoms with Crippen molar-refractivity contribution >= 4 is 0 Å². The molecule has 3 unspecified atom stereocenters. The lowest BCUT2D eigenvalue weighted by atomic mass is 9.68. The largest absolute Gasteiger partial charge is 0.309 e. The predicted molar refractivity (Wildman–Crippen MR) is 76.2 cm³/mol. The Morgan fingerprint density at radius 2 is 2.00 bits per heavy atom. The Hall–Kier alpha value is -0.960. The zero-order chi connectivity index (χ0) is 14.5. The van der Waals surface area contributed by atoms with Gasteiger partial charge in [-0.1, -0.05) is 20.8 Å². The molecule has 0 aromatic heterocycles. The van der Waals surface area contributed by atoms with Crippen LogP contribution in [0.2, 0.25) is 0 Å². The molecule has 110 valence electrons. The molecule has 0 amide bonds. The first-order valence-corrected chi connectivity index (χ1v) is 7.50. The van der Waals surface area contributed by atoms with Gasteiger partial charge in [-0.05, 0) is 54.2 Å². The topological polar surface area (TPSA) is 12.0 Å². The fourth-order valence-electron chi connectivity index (χ4n) is 4.70. The number of hydrogen-bond acceptors (Lipinski definition) is 1. The molecule has 2 saturated carbocycles. The molecule has 20 heavy (non-hydrogen) atoms. The Balaban J connectivity index is 1.77. The molecule has 1 aromatic rings. The summed E-state index contributed by atoms with van der Waals surface area (Å²) < 4.78 is 26.9. The standard InChI is InChI=1S/C17H23F2N/c1-16(2)12-6-7-17(3,9-12)15(16)20-10-11-8-13(18)4-5-14(11)19/h4-5,8,12,15,20H,6-7,9-10H2,1-3H3. The molecule has 0 saturated heterocycles. The van der Waals surface area contributed by atoms with E-state index in [0.29, 0.717) is 23.6 Å². The molecule has 0 aliphatic heterocycles. The fourth-order valence-corrected chi connectivity index (χ4v) is 4.70. The van der Waals surface area contributed by atoms with Crippen LogP contribution in [-0.4, -0.2) is 6.04 Å². The van der Waals surface area contributed by atoms with Crippen molar-refractivity contribution in [1.82, 2.24) is 5.32 Å². The summed E-state index contributed by atoms with van der Waals surface area (Å²) in [6.07, 6.45) is 3.80. The van der Waals surface area contributed by atoms with E-state index in [4.69, 9.17) is 0 Å². The van der Waals surface area contributed by atoms with E-state index in [-0.39, 0.29) is 17.0 Å². The molecule has 1 nitrogen and oxygen atoms in total. The number of nitrogens with one attached hydrogen (secondary N) is 1. The second-order valence-electron chi connectivity index (χ2n) is 7.46. The van der Waals surface area contributed by atoms with Crippen molar-refractivity contribution < 1.29 is 8.78 Å². The molecule has 2 bridgehead atoms. The molecule has 2 fully saturated rings. The average molecular weight is 279 g/mol. The fraction of sp³-hybridized carbons (Fsp3) is 0.647. The lowest BCUT2D eigenvalue weighted by Gasteiger charge is -2.43. The highest BCUT2D eigenvalue weighted by atomic mass is 19.1. The van der Waals surface area contributed by atoms with Crippen LogP contribution in [-0.2, 0) is 6.54 Å². The molecule has 1 aromatic carbocycles. The van der Waals surface area contributed by atoms with E-state index in [1.807, 2.05) is 0 Å². The van der Waals surface area contributed by atoms with Crippen molar-refractivity contribution in [2.75, 3.05) is 0 Å². The highest BCUT2D eigenvalue weighted by Crippen LogP contribution is 2.62. The highest BCUT2D eigenvalue weighted by Gasteiger charge is 2.58. The van der Waals surface area contributed by atoms with Gasteiger partial charge in [0.1, 0.15) is 11.6 Å². The summed E-state index contributed by atoms with van der Waals surface area (Å²) in [6.45, 7) is 7.35. The second kappa shape index (κ2) is 4.52. The third kappa shape index (κ3) is 2.07. The van der Waals surface area contributed by atoms with Gasteiger partial charge in [-0.2, -0.15) is 0 Å². The monoisotopic (exact) mass is 279 g/mol. The lowest BCUT2D eigenvalue weighted by molar-refractivity contribution is 0.107. The van der Waals surface area contributed by atoms with E-state index in [0.717, 1.165) is 5.92 Å². The Labute approximate surface area is 119 Å². The maximum atomic E-state index is 13.7. The molecule has 2 aliphatic rings. The molecule has 0 spiro atoms. The molecule has 3 rings (SSSR count). The van der Waals surface area contributed by atoms with Crippen molar-refractivity contribution in [3.8, 4) is 0 Å². The van der Waals surface area contributed by atoms with Crippen LogP contribution < -0.4 is 5.32 Å². The number of halogens is 2. The van der Waals surface area contributed by atoms with Gasteiger partial charge in [0.15, 0.2) is 0 Å². The summed E-state index contributed by atoms with van der Waals surface area (Å²) in [5, 5.41) is 3.52. The Morgan fingerprint density at radius 3 is 2.65 bits per heavy atom. The summed E-state index contributed by atoms with van der Waals surface area (Å²) >= 11 is 0. The number of benzene rings is 1. The van der Waals surface area contributed by atoms with E-state index in [1.165, 1.54) is 37.5 Å². The predicted octanol–water partition coefficient (Wildman–Crippen LogP) is 4.27. The van der Waals surface area contributed by atoms with Crippen molar-refractivity contribution in [1.29, 1.82) is 0 Å². The van der Waals surface area contributed by atoms with Gasteiger partial charge >= 0.3 is 0 Å². The number of fused-ring (bicyclic) bond motifs is 2. The van der Waals surface area contributed by atoms with Crippen LogP contribution in [0.15, 0.2) is 18.2 Å². The minimum absolute atomic E-state index is 0.233. The first-order chi connectivity index (χ1) is 9.33. The highest BCUT2D eigenvalue weighted by molar-refractivity contribution is 5.20. The van der Waals surface area contributed by atoms with Gasteiger partial charge in [-0.3, -0.25) is 0 Å². The first-order valence-electron chi connectivity index (χ1n) is 7.50. The molecule has 3 atom stereocenters. The van der Waals surface area contributed by atoms with Gasteiger partial charge in [0.2, 0.25) is 0 Å². The van der Waals surface area contributed by atoms with Crippen LogP contribution >= 0.6 is 0 Å². The molecule has 0 radical (unpaired) electrons. The first kappa shape index (κ1) is 14.0. The SMILES string of the molecule is CC12CCC(C1)C(C)(C)C2NCc1cc(F)ccc1F. The number of rotatable bonds is 3.